The standard InChI is InChI=1S/C14H24N2O2/c1-11(15)6-5-9-16(2)13-10-12(17-3)7-8-14(13)18-4/h7-8,10-11H,5-6,9,15H2,1-4H3. The van der Waals surface area contributed by atoms with Crippen LogP contribution in [0.4, 0.5) is 5.69 Å². The number of rotatable bonds is 7. The molecule has 0 fully saturated rings. The van der Waals surface area contributed by atoms with Crippen LogP contribution in [0.15, 0.2) is 18.2 Å². The van der Waals surface area contributed by atoms with Crippen molar-refractivity contribution in [2.24, 2.45) is 5.73 Å². The highest BCUT2D eigenvalue weighted by atomic mass is 16.5. The zero-order valence-corrected chi connectivity index (χ0v) is 11.8. The number of hydrogen-bond acceptors (Lipinski definition) is 4. The number of ether oxygens (including phenoxy) is 2. The molecule has 0 spiro atoms. The summed E-state index contributed by atoms with van der Waals surface area (Å²) in [6, 6.07) is 6.07. The van der Waals surface area contributed by atoms with Gasteiger partial charge in [0.15, 0.2) is 0 Å². The molecule has 0 saturated carbocycles. The minimum atomic E-state index is 0.255. The molecule has 1 unspecified atom stereocenters. The molecule has 0 bridgehead atoms. The van der Waals surface area contributed by atoms with Gasteiger partial charge in [0.05, 0.1) is 19.9 Å². The van der Waals surface area contributed by atoms with Crippen molar-refractivity contribution in [2.45, 2.75) is 25.8 Å². The van der Waals surface area contributed by atoms with Gasteiger partial charge in [-0.15, -0.1) is 0 Å². The first-order valence-corrected chi connectivity index (χ1v) is 6.27. The third-order valence-electron chi connectivity index (χ3n) is 2.95. The zero-order chi connectivity index (χ0) is 13.5. The van der Waals surface area contributed by atoms with E-state index in [0.29, 0.717) is 0 Å². The zero-order valence-electron chi connectivity index (χ0n) is 11.8. The summed E-state index contributed by atoms with van der Waals surface area (Å²) in [5.74, 6) is 1.70. The van der Waals surface area contributed by atoms with Crippen LogP contribution < -0.4 is 20.1 Å². The van der Waals surface area contributed by atoms with Crippen molar-refractivity contribution in [3.05, 3.63) is 18.2 Å². The van der Waals surface area contributed by atoms with Crippen molar-refractivity contribution < 1.29 is 9.47 Å². The Hall–Kier alpha value is -1.42. The van der Waals surface area contributed by atoms with Gasteiger partial charge in [0.25, 0.3) is 0 Å². The van der Waals surface area contributed by atoms with Crippen molar-refractivity contribution in [1.82, 2.24) is 0 Å². The Labute approximate surface area is 110 Å². The Kier molecular flexibility index (Phi) is 5.78. The van der Waals surface area contributed by atoms with Gasteiger partial charge < -0.3 is 20.1 Å². The van der Waals surface area contributed by atoms with Crippen LogP contribution in [0.2, 0.25) is 0 Å². The fourth-order valence-electron chi connectivity index (χ4n) is 1.87. The lowest BCUT2D eigenvalue weighted by Gasteiger charge is -2.22. The number of benzene rings is 1. The van der Waals surface area contributed by atoms with E-state index in [0.717, 1.165) is 36.6 Å². The van der Waals surface area contributed by atoms with Gasteiger partial charge in [0, 0.05) is 25.7 Å². The second-order valence-corrected chi connectivity index (χ2v) is 4.58. The molecule has 1 rings (SSSR count). The van der Waals surface area contributed by atoms with E-state index < -0.39 is 0 Å². The molecule has 1 aromatic carbocycles. The fraction of sp³-hybridized carbons (Fsp3) is 0.571. The van der Waals surface area contributed by atoms with Gasteiger partial charge in [-0.3, -0.25) is 0 Å². The number of anilines is 1. The minimum absolute atomic E-state index is 0.255. The Balaban J connectivity index is 2.72. The van der Waals surface area contributed by atoms with Crippen LogP contribution >= 0.6 is 0 Å². The average Bonchev–Trinajstić information content (AvgIpc) is 2.37. The van der Waals surface area contributed by atoms with Crippen LogP contribution in [-0.2, 0) is 0 Å². The first kappa shape index (κ1) is 14.6. The van der Waals surface area contributed by atoms with E-state index in [1.54, 1.807) is 14.2 Å². The molecule has 1 aromatic rings. The highest BCUT2D eigenvalue weighted by Crippen LogP contribution is 2.31. The van der Waals surface area contributed by atoms with Gasteiger partial charge in [-0.2, -0.15) is 0 Å². The number of hydrogen-bond donors (Lipinski definition) is 1. The second kappa shape index (κ2) is 7.11. The lowest BCUT2D eigenvalue weighted by Crippen LogP contribution is -2.22. The van der Waals surface area contributed by atoms with E-state index in [-0.39, 0.29) is 6.04 Å². The molecule has 0 aliphatic carbocycles. The largest absolute Gasteiger partial charge is 0.497 e. The van der Waals surface area contributed by atoms with E-state index in [4.69, 9.17) is 15.2 Å². The Bertz CT molecular complexity index is 367. The molecule has 0 radical (unpaired) electrons. The van der Waals surface area contributed by atoms with Crippen molar-refractivity contribution in [3.63, 3.8) is 0 Å². The summed E-state index contributed by atoms with van der Waals surface area (Å²) in [4.78, 5) is 2.17. The molecule has 0 amide bonds. The van der Waals surface area contributed by atoms with Gasteiger partial charge in [0.2, 0.25) is 0 Å². The Morgan fingerprint density at radius 1 is 1.28 bits per heavy atom. The summed E-state index contributed by atoms with van der Waals surface area (Å²) < 4.78 is 10.6. The van der Waals surface area contributed by atoms with Crippen molar-refractivity contribution >= 4 is 5.69 Å². The summed E-state index contributed by atoms with van der Waals surface area (Å²) >= 11 is 0. The van der Waals surface area contributed by atoms with Crippen LogP contribution in [0.5, 0.6) is 11.5 Å². The molecule has 4 heteroatoms. The number of nitrogens with zero attached hydrogens (tertiary/aromatic N) is 1. The SMILES string of the molecule is COc1ccc(OC)c(N(C)CCCC(C)N)c1. The van der Waals surface area contributed by atoms with E-state index in [1.165, 1.54) is 0 Å². The van der Waals surface area contributed by atoms with E-state index >= 15 is 0 Å². The first-order chi connectivity index (χ1) is 8.58. The van der Waals surface area contributed by atoms with Gasteiger partial charge >= 0.3 is 0 Å². The van der Waals surface area contributed by atoms with E-state index in [2.05, 4.69) is 11.9 Å². The monoisotopic (exact) mass is 252 g/mol. The maximum absolute atomic E-state index is 5.76. The van der Waals surface area contributed by atoms with Crippen LogP contribution in [0.3, 0.4) is 0 Å². The highest BCUT2D eigenvalue weighted by Gasteiger charge is 2.09. The molecule has 0 aliphatic rings. The van der Waals surface area contributed by atoms with Gasteiger partial charge in [0.1, 0.15) is 11.5 Å². The maximum Gasteiger partial charge on any atom is 0.142 e. The predicted molar refractivity (Wildman–Crippen MR) is 75.7 cm³/mol. The lowest BCUT2D eigenvalue weighted by molar-refractivity contribution is 0.403. The third kappa shape index (κ3) is 4.11. The highest BCUT2D eigenvalue weighted by molar-refractivity contribution is 5.61. The summed E-state index contributed by atoms with van der Waals surface area (Å²) in [5.41, 5.74) is 6.80. The quantitative estimate of drug-likeness (QED) is 0.808. The molecule has 0 aromatic heterocycles. The molecule has 0 heterocycles. The van der Waals surface area contributed by atoms with Crippen LogP contribution in [0, 0.1) is 0 Å². The van der Waals surface area contributed by atoms with Crippen LogP contribution in [0.1, 0.15) is 19.8 Å². The third-order valence-corrected chi connectivity index (χ3v) is 2.95. The van der Waals surface area contributed by atoms with Crippen molar-refractivity contribution in [2.75, 3.05) is 32.7 Å². The minimum Gasteiger partial charge on any atom is -0.497 e. The summed E-state index contributed by atoms with van der Waals surface area (Å²) in [6.07, 6.45) is 2.09. The lowest BCUT2D eigenvalue weighted by atomic mass is 10.2. The fourth-order valence-corrected chi connectivity index (χ4v) is 1.87. The number of nitrogens with two attached hydrogens (primary N) is 1. The molecular formula is C14H24N2O2. The topological polar surface area (TPSA) is 47.7 Å². The molecule has 102 valence electrons. The van der Waals surface area contributed by atoms with Gasteiger partial charge in [-0.1, -0.05) is 0 Å². The van der Waals surface area contributed by atoms with Crippen LogP contribution in [-0.4, -0.2) is 33.9 Å². The second-order valence-electron chi connectivity index (χ2n) is 4.58. The summed E-state index contributed by atoms with van der Waals surface area (Å²) in [6.45, 7) is 2.98. The van der Waals surface area contributed by atoms with Gasteiger partial charge in [-0.25, -0.2) is 0 Å². The van der Waals surface area contributed by atoms with Gasteiger partial charge in [-0.05, 0) is 31.9 Å². The smallest absolute Gasteiger partial charge is 0.142 e. The van der Waals surface area contributed by atoms with Crippen molar-refractivity contribution in [3.8, 4) is 11.5 Å². The molecule has 1 atom stereocenters. The molecule has 4 nitrogen and oxygen atoms in total. The summed E-state index contributed by atoms with van der Waals surface area (Å²) in [5, 5.41) is 0. The molecule has 18 heavy (non-hydrogen) atoms. The Morgan fingerprint density at radius 2 is 2.00 bits per heavy atom. The van der Waals surface area contributed by atoms with E-state index in [9.17, 15) is 0 Å². The first-order valence-electron chi connectivity index (χ1n) is 6.27. The van der Waals surface area contributed by atoms with Crippen molar-refractivity contribution in [1.29, 1.82) is 0 Å². The average molecular weight is 252 g/mol. The molecule has 0 aliphatic heterocycles. The van der Waals surface area contributed by atoms with E-state index in [1.807, 2.05) is 25.1 Å². The summed E-state index contributed by atoms with van der Waals surface area (Å²) in [7, 11) is 5.40. The normalized spacial score (nSPS) is 12.1. The molecule has 2 N–H and O–H groups in total. The number of methoxy groups -OCH3 is 2. The maximum atomic E-state index is 5.76. The molecule has 0 saturated heterocycles. The predicted octanol–water partition coefficient (Wildman–Crippen LogP) is 2.27. The Morgan fingerprint density at radius 3 is 2.56 bits per heavy atom. The molecular weight excluding hydrogens is 228 g/mol. The van der Waals surface area contributed by atoms with Crippen LogP contribution in [0.25, 0.3) is 0 Å².